The molecule has 0 aromatic heterocycles. The highest BCUT2D eigenvalue weighted by Crippen LogP contribution is 2.29. The largest absolute Gasteiger partial charge is 0.483 e. The van der Waals surface area contributed by atoms with E-state index >= 15 is 0 Å². The predicted molar refractivity (Wildman–Crippen MR) is 559 cm³/mol. The van der Waals surface area contributed by atoms with Crippen LogP contribution in [-0.4, -0.2) is 215 Å². The molecule has 0 saturated carbocycles. The van der Waals surface area contributed by atoms with Crippen LogP contribution in [0.1, 0.15) is 256 Å². The molecule has 9 aromatic rings. The lowest BCUT2D eigenvalue weighted by Crippen LogP contribution is -2.59. The average Bonchev–Trinajstić information content (AvgIpc) is 0.671. The number of nitrogens with zero attached hydrogens (tertiary/aromatic N) is 3. The number of amides is 12. The van der Waals surface area contributed by atoms with Crippen LogP contribution in [0.15, 0.2) is 236 Å². The van der Waals surface area contributed by atoms with Crippen LogP contribution in [0.3, 0.4) is 0 Å². The Labute approximate surface area is 926 Å². The molecule has 12 N–H and O–H groups in total. The predicted octanol–water partition coefficient (Wildman–Crippen LogP) is 14.9. The van der Waals surface area contributed by atoms with Gasteiger partial charge in [0, 0.05) is 116 Å². The number of urea groups is 3. The van der Waals surface area contributed by atoms with E-state index in [4.69, 9.17) is 89.6 Å². The van der Waals surface area contributed by atoms with Crippen molar-refractivity contribution in [1.29, 1.82) is 0 Å². The number of para-hydroxylation sites is 3. The summed E-state index contributed by atoms with van der Waals surface area (Å²) in [6.45, 7) is -47.5. The number of carbonyl (C=O) groups is 9. The molecular weight excluding hydrogens is 1780 g/mol. The molecule has 12 amide bonds. The molecule has 27 nitrogen and oxygen atoms in total. The van der Waals surface area contributed by atoms with Gasteiger partial charge < -0.3 is 92.1 Å². The molecule has 762 valence electrons. The Bertz CT molecular complexity index is 8370. The molecule has 0 radical (unpaired) electrons. The molecule has 3 heterocycles. The summed E-state index contributed by atoms with van der Waals surface area (Å²) in [5, 5.41) is 55.2. The van der Waals surface area contributed by atoms with E-state index in [1.54, 1.807) is 92.0 Å². The lowest BCUT2D eigenvalue weighted by atomic mass is 9.92. The summed E-state index contributed by atoms with van der Waals surface area (Å²) in [7, 11) is 0. The number of aliphatic hydroxyl groups excluding tert-OH is 3. The van der Waals surface area contributed by atoms with E-state index in [2.05, 4.69) is 37.2 Å². The van der Waals surface area contributed by atoms with Gasteiger partial charge in [-0.05, 0) is 203 Å². The van der Waals surface area contributed by atoms with Gasteiger partial charge in [0.15, 0.2) is 19.8 Å². The van der Waals surface area contributed by atoms with Gasteiger partial charge >= 0.3 is 18.1 Å². The summed E-state index contributed by atoms with van der Waals surface area (Å²) in [6, 6.07) is -12.8. The third-order valence-corrected chi connectivity index (χ3v) is 20.4. The zero-order valence-electron chi connectivity index (χ0n) is 138. The molecule has 3 saturated heterocycles. The average molecular weight is 2000 g/mol. The molecule has 9 aromatic carbocycles. The summed E-state index contributed by atoms with van der Waals surface area (Å²) in [6.07, 6.45) is -23.4. The Morgan fingerprint density at radius 2 is 0.723 bits per heavy atom. The molecule has 3 aliphatic rings. The van der Waals surface area contributed by atoms with Gasteiger partial charge in [-0.25, -0.2) is 14.4 Å². The molecule has 12 rings (SSSR count). The fraction of sp³-hybridized carbons (Fsp3) is 0.447. The second-order valence-electron chi connectivity index (χ2n) is 30.7. The van der Waals surface area contributed by atoms with Crippen LogP contribution in [0.5, 0.6) is 17.2 Å². The number of hydrogen-bond donors (Lipinski definition) is 12. The number of ether oxygens (including phenoxy) is 3. The minimum Gasteiger partial charge on any atom is -0.483 e. The van der Waals surface area contributed by atoms with E-state index < -0.39 is 456 Å². The quantitative estimate of drug-likeness (QED) is 0.0169. The summed E-state index contributed by atoms with van der Waals surface area (Å²) >= 11 is 0. The summed E-state index contributed by atoms with van der Waals surface area (Å²) in [4.78, 5) is 125. The van der Waals surface area contributed by atoms with E-state index in [9.17, 15) is 70.8 Å². The molecule has 0 bridgehead atoms. The van der Waals surface area contributed by atoms with Gasteiger partial charge in [-0.15, -0.1) is 0 Å². The van der Waals surface area contributed by atoms with E-state index in [1.807, 2.05) is 0 Å². The van der Waals surface area contributed by atoms with Crippen LogP contribution in [-0.2, 0) is 67.2 Å². The number of hydrogen-bond acceptors (Lipinski definition) is 15. The number of carbonyl (C=O) groups excluding carboxylic acids is 9. The Balaban J connectivity index is 0.000000405. The van der Waals surface area contributed by atoms with Gasteiger partial charge in [0.1, 0.15) is 35.3 Å². The number of rotatable bonds is 45. The minimum absolute atomic E-state index is 0. The van der Waals surface area contributed by atoms with Gasteiger partial charge in [-0.2, -0.15) is 0 Å². The maximum absolute atomic E-state index is 14.8. The third kappa shape index (κ3) is 36.5. The van der Waals surface area contributed by atoms with Crippen molar-refractivity contribution in [2.24, 2.45) is 17.7 Å². The van der Waals surface area contributed by atoms with Crippen molar-refractivity contribution >= 4 is 53.5 Å². The summed E-state index contributed by atoms with van der Waals surface area (Å²) < 4.78 is 551. The maximum atomic E-state index is 14.8. The molecule has 12 atom stereocenters. The molecule has 0 unspecified atom stereocenters. The van der Waals surface area contributed by atoms with E-state index in [1.165, 1.54) is 72.0 Å². The van der Waals surface area contributed by atoms with Crippen LogP contribution in [0.2, 0.25) is 0 Å². The maximum Gasteiger partial charge on any atom is 0.318 e. The van der Waals surface area contributed by atoms with Crippen molar-refractivity contribution in [3.63, 3.8) is 0 Å². The zero-order valence-corrected chi connectivity index (χ0v) is 74.2. The number of nitrogens with one attached hydrogen (secondary N) is 9. The summed E-state index contributed by atoms with van der Waals surface area (Å²) in [5.74, 6) is -24.9. The van der Waals surface area contributed by atoms with Crippen molar-refractivity contribution < 1.29 is 160 Å². The standard InChI is InChI=1S/3C37H48N4O5.3CH4/c3*1-25(2)34(41-20-12-19-38-37(41)45)36(44)39-30(21-28-15-7-5-8-16-28)23-32(42)31(22-29-17-9-6-10-18-29)40-33(43)24-46-35-26(3)13-11-14-27(35)4;;;/h3*5-11,13-18,25,30-32,34,42H,12,19-24H2,1-4H3,(H,38,45)(H,39,44)(H,40,43);3*1H4/t3*30-,31-,32-,34-;;;/m000.../s1/i1D3,2D3,3D3,4D3,6D,9D,10D,11D,13D,14D,17D,18D,22D2,25D,31D,34D;1D3,2D3,3D3,4D3,11D,12D2,13D,14D,19D2,20D2,25D,34D;1D3,2D3,6D,9D,10D,17D,18D,22D2,25D,31D,34D;;;. The van der Waals surface area contributed by atoms with Crippen LogP contribution in [0, 0.1) is 58.9 Å². The van der Waals surface area contributed by atoms with Crippen LogP contribution < -0.4 is 62.1 Å². The van der Waals surface area contributed by atoms with E-state index in [0.717, 1.165) is 0 Å². The molecule has 0 spiro atoms. The monoisotopic (exact) mass is 2000 g/mol. The lowest BCUT2D eigenvalue weighted by molar-refractivity contribution is -0.129. The number of aryl methyl sites for hydroxylation is 2. The van der Waals surface area contributed by atoms with Gasteiger partial charge in [0.05, 0.1) is 65.2 Å². The highest BCUT2D eigenvalue weighted by molar-refractivity contribution is 5.90. The molecule has 3 fully saturated rings. The van der Waals surface area contributed by atoms with Crippen molar-refractivity contribution in [3.8, 4) is 17.2 Å². The first kappa shape index (κ1) is 52.6. The van der Waals surface area contributed by atoms with Gasteiger partial charge in [-0.1, -0.05) is 300 Å². The van der Waals surface area contributed by atoms with E-state index in [-0.39, 0.29) is 77.3 Å². The van der Waals surface area contributed by atoms with Crippen LogP contribution >= 0.6 is 0 Å². The van der Waals surface area contributed by atoms with Crippen molar-refractivity contribution in [3.05, 3.63) is 303 Å². The fourth-order valence-electron chi connectivity index (χ4n) is 14.0. The Hall–Kier alpha value is -13.1. The first-order valence-electron chi connectivity index (χ1n) is 74.5. The van der Waals surface area contributed by atoms with Crippen molar-refractivity contribution in [2.45, 2.75) is 254 Å². The van der Waals surface area contributed by atoms with Gasteiger partial charge in [-0.3, -0.25) is 28.8 Å². The molecular formula is C114H156N12O15. The highest BCUT2D eigenvalue weighted by atomic mass is 16.5. The Morgan fingerprint density at radius 1 is 0.397 bits per heavy atom. The van der Waals surface area contributed by atoms with Gasteiger partial charge in [0.25, 0.3) is 17.7 Å². The third-order valence-electron chi connectivity index (χ3n) is 20.4. The Morgan fingerprint density at radius 3 is 1.07 bits per heavy atom. The molecule has 0 aliphatic carbocycles. The SMILES string of the molecule is C.C.C.[2H]c1c([2H])c(C([2H])([2H])[2H])c(OCC(=O)N[C@@H](Cc2ccccc2)[C@@H](O)C[C@H](Cc2ccccc2)NC(=O)[C@@]([2H])(N2C(=O)NC([2H])([2H])C([2H])([2H])C2([2H])[2H])C([2H])(C([2H])([2H])[2H])C([2H])([2H])[2H])c(C([2H])([2H])[2H])c1[2H].[2H]c1c([2H])c([2H])c(C([2H])([2H])[C@]([2H])(NC(=O)COc2c(C([2H])([2H])[2H])c([2H])c([2H])c([2H])c2C([2H])([2H])[2H])[C@@H](O)C[C@H](Cc2ccccc2)NC(=O)[C@@]([2H])(N2CCCNC2=O)C([2H])(C([2H])([2H])[2H])C([2H])([2H])[2H])c([2H])c1[2H].[2H]c1c([2H])c([2H])c(C([2H])([2H])[C@]([2H])(NC(=O)COc2c(C)cccc2C)[C@@H](O)C[C@H](Cc2ccccc2)NC(=O)[C@@]([2H])(N2CCCNC2=O)C([2H])(C([2H])([2H])[2H])C([2H])([2H])[2H])c([2H])c1[2H]. The van der Waals surface area contributed by atoms with Crippen LogP contribution in [0.4, 0.5) is 14.4 Å². The lowest BCUT2D eigenvalue weighted by Gasteiger charge is -2.37. The second-order valence-corrected chi connectivity index (χ2v) is 30.7. The number of aliphatic hydroxyl groups is 3. The Kier molecular flexibility index (Phi) is 21.9. The fourth-order valence-corrected chi connectivity index (χ4v) is 14.0. The van der Waals surface area contributed by atoms with Crippen LogP contribution in [0.25, 0.3) is 0 Å². The molecule has 141 heavy (non-hydrogen) atoms. The summed E-state index contributed by atoms with van der Waals surface area (Å²) in [5.41, 5.74) is -4.55. The van der Waals surface area contributed by atoms with Crippen molar-refractivity contribution in [1.82, 2.24) is 62.6 Å². The minimum atomic E-state index is -4.55. The number of benzene rings is 9. The second kappa shape index (κ2) is 58.8. The smallest absolute Gasteiger partial charge is 0.318 e. The molecule has 3 aliphatic heterocycles. The van der Waals surface area contributed by atoms with Crippen molar-refractivity contribution in [2.75, 3.05) is 59.0 Å². The molecule has 27 heteroatoms. The zero-order chi connectivity index (χ0) is 154. The first-order valence-corrected chi connectivity index (χ1v) is 42.5. The normalized spacial score (nSPS) is 25.6. The topological polar surface area (TPSA) is 360 Å². The first-order chi connectivity index (χ1) is 91.8. The van der Waals surface area contributed by atoms with Gasteiger partial charge in [0.2, 0.25) is 17.7 Å². The highest BCUT2D eigenvalue weighted by Gasteiger charge is 2.40. The van der Waals surface area contributed by atoms with E-state index in [0.29, 0.717) is 32.7 Å².